The highest BCUT2D eigenvalue weighted by Gasteiger charge is 2.34. The molecule has 0 aliphatic carbocycles. The fourth-order valence-corrected chi connectivity index (χ4v) is 3.68. The predicted octanol–water partition coefficient (Wildman–Crippen LogP) is 2.12. The summed E-state index contributed by atoms with van der Waals surface area (Å²) in [6.45, 7) is 2.68. The van der Waals surface area contributed by atoms with Gasteiger partial charge in [-0.2, -0.15) is 0 Å². The normalized spacial score (nSPS) is 20.6. The third kappa shape index (κ3) is 4.89. The smallest absolute Gasteiger partial charge is 0.249 e. The van der Waals surface area contributed by atoms with Crippen molar-refractivity contribution in [2.24, 2.45) is 5.92 Å². The third-order valence-electron chi connectivity index (χ3n) is 5.16. The van der Waals surface area contributed by atoms with E-state index in [1.165, 1.54) is 0 Å². The first kappa shape index (κ1) is 20.5. The summed E-state index contributed by atoms with van der Waals surface area (Å²) in [5.41, 5.74) is 0.765. The van der Waals surface area contributed by atoms with Crippen molar-refractivity contribution >= 4 is 29.9 Å². The molecule has 1 atom stereocenters. The van der Waals surface area contributed by atoms with Gasteiger partial charge in [-0.1, -0.05) is 12.1 Å². The number of hydrogen-bond donors (Lipinski definition) is 2. The van der Waals surface area contributed by atoms with Crippen LogP contribution in [-0.2, 0) is 9.59 Å². The quantitative estimate of drug-likeness (QED) is 0.791. The molecular weight excluding hydrogens is 354 g/mol. The van der Waals surface area contributed by atoms with Crippen LogP contribution in [0.5, 0.6) is 5.75 Å². The van der Waals surface area contributed by atoms with E-state index >= 15 is 0 Å². The summed E-state index contributed by atoms with van der Waals surface area (Å²) >= 11 is 0. The van der Waals surface area contributed by atoms with Crippen LogP contribution in [0.4, 0.5) is 5.69 Å². The minimum absolute atomic E-state index is 0. The Kier molecular flexibility index (Phi) is 7.72. The zero-order valence-electron chi connectivity index (χ0n) is 15.2. The molecule has 7 heteroatoms. The number of benzene rings is 1. The van der Waals surface area contributed by atoms with Crippen LogP contribution >= 0.6 is 12.4 Å². The van der Waals surface area contributed by atoms with Crippen molar-refractivity contribution in [2.75, 3.05) is 31.6 Å². The second-order valence-corrected chi connectivity index (χ2v) is 6.80. The van der Waals surface area contributed by atoms with Gasteiger partial charge in [-0.15, -0.1) is 12.4 Å². The van der Waals surface area contributed by atoms with Gasteiger partial charge >= 0.3 is 0 Å². The fourth-order valence-electron chi connectivity index (χ4n) is 3.68. The maximum atomic E-state index is 12.7. The molecule has 2 aliphatic heterocycles. The molecule has 0 aromatic heterocycles. The summed E-state index contributed by atoms with van der Waals surface area (Å²) in [4.78, 5) is 26.6. The van der Waals surface area contributed by atoms with Gasteiger partial charge in [-0.05, 0) is 56.8 Å². The lowest BCUT2D eigenvalue weighted by atomic mass is 9.93. The lowest BCUT2D eigenvalue weighted by molar-refractivity contribution is -0.126. The Labute approximate surface area is 161 Å². The first-order valence-electron chi connectivity index (χ1n) is 9.13. The maximum Gasteiger partial charge on any atom is 0.249 e. The number of nitrogens with one attached hydrogen (secondary N) is 2. The summed E-state index contributed by atoms with van der Waals surface area (Å²) in [5.74, 6) is 1.23. The SMILES string of the molecule is COc1ccccc1N1CCC(NC(=O)CCC2CCNCC2)C1=O.Cl. The van der Waals surface area contributed by atoms with Crippen LogP contribution in [0.2, 0.25) is 0 Å². The van der Waals surface area contributed by atoms with E-state index < -0.39 is 6.04 Å². The molecule has 2 aliphatic rings. The Morgan fingerprint density at radius 1 is 1.27 bits per heavy atom. The molecule has 3 rings (SSSR count). The highest BCUT2D eigenvalue weighted by molar-refractivity contribution is 6.02. The van der Waals surface area contributed by atoms with Gasteiger partial charge in [0.2, 0.25) is 11.8 Å². The van der Waals surface area contributed by atoms with Gasteiger partial charge in [0.25, 0.3) is 0 Å². The zero-order chi connectivity index (χ0) is 17.6. The fraction of sp³-hybridized carbons (Fsp3) is 0.579. The van der Waals surface area contributed by atoms with Crippen molar-refractivity contribution in [1.82, 2.24) is 10.6 Å². The molecule has 0 radical (unpaired) electrons. The number of para-hydroxylation sites is 2. The number of carbonyl (C=O) groups excluding carboxylic acids is 2. The topological polar surface area (TPSA) is 70.7 Å². The molecule has 2 N–H and O–H groups in total. The number of nitrogens with zero attached hydrogens (tertiary/aromatic N) is 1. The molecule has 6 nitrogen and oxygen atoms in total. The lowest BCUT2D eigenvalue weighted by Crippen LogP contribution is -2.41. The van der Waals surface area contributed by atoms with Crippen molar-refractivity contribution in [3.05, 3.63) is 24.3 Å². The maximum absolute atomic E-state index is 12.7. The van der Waals surface area contributed by atoms with Crippen molar-refractivity contribution in [3.8, 4) is 5.75 Å². The number of ether oxygens (including phenoxy) is 1. The molecule has 1 unspecified atom stereocenters. The van der Waals surface area contributed by atoms with Gasteiger partial charge < -0.3 is 20.3 Å². The van der Waals surface area contributed by atoms with E-state index in [2.05, 4.69) is 10.6 Å². The molecule has 0 bridgehead atoms. The molecule has 144 valence electrons. The number of rotatable bonds is 6. The number of halogens is 1. The minimum atomic E-state index is -0.426. The van der Waals surface area contributed by atoms with Crippen LogP contribution in [0.1, 0.15) is 32.1 Å². The van der Waals surface area contributed by atoms with Crippen LogP contribution in [-0.4, -0.2) is 44.6 Å². The number of anilines is 1. The number of hydrogen-bond acceptors (Lipinski definition) is 4. The molecule has 0 saturated carbocycles. The Bertz CT molecular complexity index is 620. The zero-order valence-corrected chi connectivity index (χ0v) is 16.0. The number of amides is 2. The van der Waals surface area contributed by atoms with Crippen LogP contribution in [0.3, 0.4) is 0 Å². The van der Waals surface area contributed by atoms with Gasteiger partial charge in [-0.25, -0.2) is 0 Å². The predicted molar refractivity (Wildman–Crippen MR) is 104 cm³/mol. The summed E-state index contributed by atoms with van der Waals surface area (Å²) in [5, 5.41) is 6.25. The average molecular weight is 382 g/mol. The number of carbonyl (C=O) groups is 2. The van der Waals surface area contributed by atoms with Gasteiger partial charge in [0.1, 0.15) is 11.8 Å². The van der Waals surface area contributed by atoms with Gasteiger partial charge in [0.05, 0.1) is 12.8 Å². The van der Waals surface area contributed by atoms with E-state index in [0.29, 0.717) is 31.1 Å². The molecule has 2 heterocycles. The Morgan fingerprint density at radius 2 is 2.00 bits per heavy atom. The molecule has 26 heavy (non-hydrogen) atoms. The standard InChI is InChI=1S/C19H27N3O3.ClH/c1-25-17-5-3-2-4-16(17)22-13-10-15(19(22)24)21-18(23)7-6-14-8-11-20-12-9-14;/h2-5,14-15,20H,6-13H2,1H3,(H,21,23);1H. The van der Waals surface area contributed by atoms with E-state index in [4.69, 9.17) is 4.74 Å². The third-order valence-corrected chi connectivity index (χ3v) is 5.16. The molecule has 2 saturated heterocycles. The second kappa shape index (κ2) is 9.78. The molecular formula is C19H28ClN3O3. The number of methoxy groups -OCH3 is 1. The van der Waals surface area contributed by atoms with Gasteiger partial charge in [0.15, 0.2) is 0 Å². The van der Waals surface area contributed by atoms with E-state index in [1.54, 1.807) is 12.0 Å². The van der Waals surface area contributed by atoms with Crippen molar-refractivity contribution in [2.45, 2.75) is 38.1 Å². The average Bonchev–Trinajstić information content (AvgIpc) is 3.01. The highest BCUT2D eigenvalue weighted by atomic mass is 35.5. The first-order valence-corrected chi connectivity index (χ1v) is 9.13. The molecule has 1 aromatic carbocycles. The van der Waals surface area contributed by atoms with Crippen LogP contribution < -0.4 is 20.3 Å². The number of piperidine rings is 1. The largest absolute Gasteiger partial charge is 0.495 e. The monoisotopic (exact) mass is 381 g/mol. The van der Waals surface area contributed by atoms with E-state index in [0.717, 1.165) is 38.0 Å². The van der Waals surface area contributed by atoms with Crippen molar-refractivity contribution < 1.29 is 14.3 Å². The van der Waals surface area contributed by atoms with Crippen LogP contribution in [0.15, 0.2) is 24.3 Å². The minimum Gasteiger partial charge on any atom is -0.495 e. The Morgan fingerprint density at radius 3 is 2.73 bits per heavy atom. The van der Waals surface area contributed by atoms with E-state index in [1.807, 2.05) is 24.3 Å². The first-order chi connectivity index (χ1) is 12.2. The summed E-state index contributed by atoms with van der Waals surface area (Å²) < 4.78 is 5.34. The Hall–Kier alpha value is -1.79. The van der Waals surface area contributed by atoms with Gasteiger partial charge in [0, 0.05) is 13.0 Å². The summed E-state index contributed by atoms with van der Waals surface area (Å²) in [6, 6.07) is 7.05. The molecule has 2 fully saturated rings. The van der Waals surface area contributed by atoms with Gasteiger partial charge in [-0.3, -0.25) is 9.59 Å². The van der Waals surface area contributed by atoms with Crippen LogP contribution in [0, 0.1) is 5.92 Å². The molecule has 1 aromatic rings. The Balaban J connectivity index is 0.00000243. The van der Waals surface area contributed by atoms with Crippen molar-refractivity contribution in [1.29, 1.82) is 0 Å². The van der Waals surface area contributed by atoms with Crippen molar-refractivity contribution in [3.63, 3.8) is 0 Å². The highest BCUT2D eigenvalue weighted by Crippen LogP contribution is 2.31. The van der Waals surface area contributed by atoms with E-state index in [9.17, 15) is 9.59 Å². The van der Waals surface area contributed by atoms with E-state index in [-0.39, 0.29) is 24.2 Å². The molecule has 2 amide bonds. The van der Waals surface area contributed by atoms with Crippen LogP contribution in [0.25, 0.3) is 0 Å². The summed E-state index contributed by atoms with van der Waals surface area (Å²) in [6.07, 6.45) is 4.32. The summed E-state index contributed by atoms with van der Waals surface area (Å²) in [7, 11) is 1.60. The molecule has 0 spiro atoms. The second-order valence-electron chi connectivity index (χ2n) is 6.80. The lowest BCUT2D eigenvalue weighted by Gasteiger charge is -2.22.